The van der Waals surface area contributed by atoms with Gasteiger partial charge in [0.1, 0.15) is 5.01 Å². The summed E-state index contributed by atoms with van der Waals surface area (Å²) in [7, 11) is 0. The second kappa shape index (κ2) is 6.61. The number of nitrogens with one attached hydrogen (secondary N) is 1. The van der Waals surface area contributed by atoms with Crippen LogP contribution in [0, 0.1) is 13.8 Å². The molecule has 0 saturated carbocycles. The van der Waals surface area contributed by atoms with Crippen LogP contribution >= 0.6 is 11.3 Å². The first-order chi connectivity index (χ1) is 9.61. The Bertz CT molecular complexity index is 607. The molecule has 0 radical (unpaired) electrons. The van der Waals surface area contributed by atoms with Gasteiger partial charge in [-0.3, -0.25) is 10.1 Å². The number of hydrogen-bond donors (Lipinski definition) is 1. The summed E-state index contributed by atoms with van der Waals surface area (Å²) in [5.41, 5.74) is 2.80. The molecule has 0 saturated heterocycles. The number of nitrogens with zero attached hydrogens (tertiary/aromatic N) is 2. The average molecular weight is 289 g/mol. The fourth-order valence-corrected chi connectivity index (χ4v) is 2.67. The van der Waals surface area contributed by atoms with Crippen LogP contribution in [0.1, 0.15) is 46.3 Å². The molecule has 20 heavy (non-hydrogen) atoms. The van der Waals surface area contributed by atoms with Crippen LogP contribution < -0.4 is 5.32 Å². The van der Waals surface area contributed by atoms with Gasteiger partial charge < -0.3 is 0 Å². The summed E-state index contributed by atoms with van der Waals surface area (Å²) in [5.74, 6) is -0.121. The minimum Gasteiger partial charge on any atom is -0.296 e. The van der Waals surface area contributed by atoms with Crippen molar-refractivity contribution in [2.24, 2.45) is 0 Å². The van der Waals surface area contributed by atoms with E-state index in [4.69, 9.17) is 0 Å². The van der Waals surface area contributed by atoms with Gasteiger partial charge >= 0.3 is 0 Å². The summed E-state index contributed by atoms with van der Waals surface area (Å²) in [6.07, 6.45) is 3.15. The zero-order valence-electron chi connectivity index (χ0n) is 12.1. The van der Waals surface area contributed by atoms with Crippen molar-refractivity contribution < 1.29 is 4.79 Å². The Kier molecular flexibility index (Phi) is 4.84. The van der Waals surface area contributed by atoms with Gasteiger partial charge in [0, 0.05) is 12.0 Å². The Morgan fingerprint density at radius 1 is 1.30 bits per heavy atom. The highest BCUT2D eigenvalue weighted by Crippen LogP contribution is 2.19. The van der Waals surface area contributed by atoms with E-state index in [1.54, 1.807) is 0 Å². The number of benzene rings is 1. The molecule has 1 aromatic carbocycles. The molecule has 1 heterocycles. The number of anilines is 1. The molecule has 0 aliphatic carbocycles. The smallest absolute Gasteiger partial charge is 0.257 e. The first-order valence-electron chi connectivity index (χ1n) is 6.81. The van der Waals surface area contributed by atoms with Gasteiger partial charge in [0.05, 0.1) is 0 Å². The van der Waals surface area contributed by atoms with E-state index in [9.17, 15) is 4.79 Å². The Morgan fingerprint density at radius 3 is 2.85 bits per heavy atom. The number of carbonyl (C=O) groups excluding carboxylic acids is 1. The van der Waals surface area contributed by atoms with E-state index >= 15 is 0 Å². The molecular weight excluding hydrogens is 270 g/mol. The van der Waals surface area contributed by atoms with Crippen LogP contribution in [0.3, 0.4) is 0 Å². The van der Waals surface area contributed by atoms with Gasteiger partial charge in [-0.05, 0) is 37.5 Å². The van der Waals surface area contributed by atoms with E-state index in [1.807, 2.05) is 32.0 Å². The number of aryl methyl sites for hydroxylation is 2. The minimum atomic E-state index is -0.121. The van der Waals surface area contributed by atoms with Crippen molar-refractivity contribution in [2.45, 2.75) is 40.0 Å². The molecule has 2 rings (SSSR count). The second-order valence-electron chi connectivity index (χ2n) is 4.81. The normalized spacial score (nSPS) is 10.6. The number of aromatic nitrogens is 2. The van der Waals surface area contributed by atoms with Crippen LogP contribution in [0.5, 0.6) is 0 Å². The maximum Gasteiger partial charge on any atom is 0.257 e. The monoisotopic (exact) mass is 289 g/mol. The van der Waals surface area contributed by atoms with Gasteiger partial charge in [-0.15, -0.1) is 10.2 Å². The summed E-state index contributed by atoms with van der Waals surface area (Å²) in [5, 5.41) is 12.5. The average Bonchev–Trinajstić information content (AvgIpc) is 2.87. The summed E-state index contributed by atoms with van der Waals surface area (Å²) in [4.78, 5) is 12.2. The van der Waals surface area contributed by atoms with Crippen LogP contribution in [0.4, 0.5) is 5.13 Å². The minimum absolute atomic E-state index is 0.121. The lowest BCUT2D eigenvalue weighted by molar-refractivity contribution is 0.102. The maximum absolute atomic E-state index is 12.2. The Labute approximate surface area is 123 Å². The zero-order chi connectivity index (χ0) is 14.5. The van der Waals surface area contributed by atoms with Crippen molar-refractivity contribution in [1.29, 1.82) is 0 Å². The topological polar surface area (TPSA) is 54.9 Å². The molecule has 0 fully saturated rings. The molecule has 0 atom stereocenters. The van der Waals surface area contributed by atoms with Gasteiger partial charge in [0.2, 0.25) is 5.13 Å². The molecular formula is C15H19N3OS. The third-order valence-corrected chi connectivity index (χ3v) is 4.18. The van der Waals surface area contributed by atoms with Crippen LogP contribution in [0.15, 0.2) is 18.2 Å². The van der Waals surface area contributed by atoms with Crippen LogP contribution in [-0.2, 0) is 6.42 Å². The molecule has 1 amide bonds. The van der Waals surface area contributed by atoms with Crippen molar-refractivity contribution in [1.82, 2.24) is 10.2 Å². The van der Waals surface area contributed by atoms with Crippen molar-refractivity contribution in [2.75, 3.05) is 5.32 Å². The van der Waals surface area contributed by atoms with Gasteiger partial charge in [0.25, 0.3) is 5.91 Å². The standard InChI is InChI=1S/C15H19N3OS/c1-4-5-9-13-17-18-15(20-13)16-14(19)12-8-6-7-10(2)11(12)3/h6-8H,4-5,9H2,1-3H3,(H,16,18,19). The summed E-state index contributed by atoms with van der Waals surface area (Å²) in [6.45, 7) is 6.10. The lowest BCUT2D eigenvalue weighted by Crippen LogP contribution is -2.13. The molecule has 0 bridgehead atoms. The fourth-order valence-electron chi connectivity index (χ4n) is 1.89. The first kappa shape index (κ1) is 14.7. The van der Waals surface area contributed by atoms with Gasteiger partial charge in [0.15, 0.2) is 0 Å². The molecule has 5 heteroatoms. The lowest BCUT2D eigenvalue weighted by Gasteiger charge is -2.07. The SMILES string of the molecule is CCCCc1nnc(NC(=O)c2cccc(C)c2C)s1. The highest BCUT2D eigenvalue weighted by atomic mass is 32.1. The summed E-state index contributed by atoms with van der Waals surface area (Å²) in [6, 6.07) is 5.72. The molecule has 1 N–H and O–H groups in total. The molecule has 0 spiro atoms. The van der Waals surface area contributed by atoms with E-state index in [0.29, 0.717) is 10.7 Å². The molecule has 0 unspecified atom stereocenters. The molecule has 0 aliphatic heterocycles. The maximum atomic E-state index is 12.2. The van der Waals surface area contributed by atoms with E-state index in [1.165, 1.54) is 11.3 Å². The molecule has 1 aromatic heterocycles. The zero-order valence-corrected chi connectivity index (χ0v) is 12.9. The molecule has 0 aliphatic rings. The predicted octanol–water partition coefficient (Wildman–Crippen LogP) is 3.75. The van der Waals surface area contributed by atoms with E-state index < -0.39 is 0 Å². The Balaban J connectivity index is 2.07. The summed E-state index contributed by atoms with van der Waals surface area (Å²) < 4.78 is 0. The lowest BCUT2D eigenvalue weighted by atomic mass is 10.0. The number of unbranched alkanes of at least 4 members (excludes halogenated alkanes) is 1. The number of rotatable bonds is 5. The number of amides is 1. The number of hydrogen-bond acceptors (Lipinski definition) is 4. The second-order valence-corrected chi connectivity index (χ2v) is 5.87. The van der Waals surface area contributed by atoms with Crippen LogP contribution in [0.2, 0.25) is 0 Å². The Morgan fingerprint density at radius 2 is 2.10 bits per heavy atom. The third kappa shape index (κ3) is 3.42. The first-order valence-corrected chi connectivity index (χ1v) is 7.63. The number of carbonyl (C=O) groups is 1. The Hall–Kier alpha value is -1.75. The van der Waals surface area contributed by atoms with E-state index in [2.05, 4.69) is 22.4 Å². The molecule has 4 nitrogen and oxygen atoms in total. The highest BCUT2D eigenvalue weighted by molar-refractivity contribution is 7.15. The highest BCUT2D eigenvalue weighted by Gasteiger charge is 2.12. The molecule has 2 aromatic rings. The third-order valence-electron chi connectivity index (χ3n) is 3.28. The van der Waals surface area contributed by atoms with Crippen molar-refractivity contribution in [3.8, 4) is 0 Å². The van der Waals surface area contributed by atoms with Crippen LogP contribution in [-0.4, -0.2) is 16.1 Å². The summed E-state index contributed by atoms with van der Waals surface area (Å²) >= 11 is 1.45. The van der Waals surface area contributed by atoms with E-state index in [-0.39, 0.29) is 5.91 Å². The van der Waals surface area contributed by atoms with Crippen molar-refractivity contribution >= 4 is 22.4 Å². The fraction of sp³-hybridized carbons (Fsp3) is 0.400. The van der Waals surface area contributed by atoms with Gasteiger partial charge in [-0.25, -0.2) is 0 Å². The van der Waals surface area contributed by atoms with Crippen molar-refractivity contribution in [3.63, 3.8) is 0 Å². The van der Waals surface area contributed by atoms with Crippen molar-refractivity contribution in [3.05, 3.63) is 39.9 Å². The van der Waals surface area contributed by atoms with Gasteiger partial charge in [-0.1, -0.05) is 36.8 Å². The van der Waals surface area contributed by atoms with Gasteiger partial charge in [-0.2, -0.15) is 0 Å². The van der Waals surface area contributed by atoms with Crippen LogP contribution in [0.25, 0.3) is 0 Å². The largest absolute Gasteiger partial charge is 0.296 e. The predicted molar refractivity (Wildman–Crippen MR) is 82.4 cm³/mol. The van der Waals surface area contributed by atoms with E-state index in [0.717, 1.165) is 35.4 Å². The molecule has 106 valence electrons. The quantitative estimate of drug-likeness (QED) is 0.912.